The molecule has 0 saturated heterocycles. The lowest BCUT2D eigenvalue weighted by Gasteiger charge is -2.18. The fraction of sp³-hybridized carbons (Fsp3) is 0.188. The molecule has 8 heteroatoms. The van der Waals surface area contributed by atoms with E-state index in [1.807, 2.05) is 0 Å². The van der Waals surface area contributed by atoms with Gasteiger partial charge in [-0.25, -0.2) is 13.2 Å². The first-order valence-electron chi connectivity index (χ1n) is 6.85. The van der Waals surface area contributed by atoms with E-state index >= 15 is 0 Å². The summed E-state index contributed by atoms with van der Waals surface area (Å²) in [5.41, 5.74) is 0.743. The number of esters is 1. The van der Waals surface area contributed by atoms with Crippen LogP contribution in [0.15, 0.2) is 47.4 Å². The van der Waals surface area contributed by atoms with Crippen LogP contribution >= 0.6 is 23.2 Å². The van der Waals surface area contributed by atoms with Gasteiger partial charge in [0.2, 0.25) is 10.0 Å². The molecule has 0 unspecified atom stereocenters. The van der Waals surface area contributed by atoms with Crippen LogP contribution in [0.3, 0.4) is 0 Å². The van der Waals surface area contributed by atoms with Crippen molar-refractivity contribution >= 4 is 39.2 Å². The minimum Gasteiger partial charge on any atom is -0.465 e. The van der Waals surface area contributed by atoms with E-state index in [2.05, 4.69) is 4.74 Å². The predicted molar refractivity (Wildman–Crippen MR) is 92.9 cm³/mol. The molecule has 5 nitrogen and oxygen atoms in total. The number of sulfonamides is 1. The summed E-state index contributed by atoms with van der Waals surface area (Å²) >= 11 is 12.1. The average molecular weight is 388 g/mol. The second-order valence-electron chi connectivity index (χ2n) is 4.99. The number of carbonyl (C=O) groups is 1. The Kier molecular flexibility index (Phi) is 5.87. The highest BCUT2D eigenvalue weighted by Gasteiger charge is 2.23. The van der Waals surface area contributed by atoms with E-state index < -0.39 is 16.0 Å². The van der Waals surface area contributed by atoms with Crippen LogP contribution < -0.4 is 0 Å². The second kappa shape index (κ2) is 7.53. The molecule has 24 heavy (non-hydrogen) atoms. The largest absolute Gasteiger partial charge is 0.465 e. The molecule has 2 aromatic carbocycles. The Balaban J connectivity index is 2.33. The lowest BCUT2D eigenvalue weighted by atomic mass is 10.2. The van der Waals surface area contributed by atoms with E-state index in [9.17, 15) is 13.2 Å². The molecule has 0 aliphatic heterocycles. The number of benzene rings is 2. The van der Waals surface area contributed by atoms with Crippen LogP contribution in [-0.2, 0) is 21.3 Å². The van der Waals surface area contributed by atoms with Crippen LogP contribution in [0.2, 0.25) is 10.0 Å². The minimum absolute atomic E-state index is 0.00829. The molecular formula is C16H15Cl2NO4S. The van der Waals surface area contributed by atoms with E-state index in [0.717, 1.165) is 4.31 Å². The zero-order valence-electron chi connectivity index (χ0n) is 13.0. The molecule has 0 heterocycles. The van der Waals surface area contributed by atoms with E-state index in [0.29, 0.717) is 15.6 Å². The summed E-state index contributed by atoms with van der Waals surface area (Å²) in [5.74, 6) is -0.604. The van der Waals surface area contributed by atoms with E-state index in [1.54, 1.807) is 18.2 Å². The fourth-order valence-electron chi connectivity index (χ4n) is 2.08. The van der Waals surface area contributed by atoms with Crippen molar-refractivity contribution in [3.05, 3.63) is 63.6 Å². The summed E-state index contributed by atoms with van der Waals surface area (Å²) < 4.78 is 31.1. The van der Waals surface area contributed by atoms with Gasteiger partial charge in [-0.05, 0) is 29.8 Å². The van der Waals surface area contributed by atoms with Gasteiger partial charge in [-0.15, -0.1) is 0 Å². The third kappa shape index (κ3) is 3.89. The molecule has 0 radical (unpaired) electrons. The number of carbonyl (C=O) groups excluding carboxylic acids is 1. The van der Waals surface area contributed by atoms with E-state index in [4.69, 9.17) is 23.2 Å². The Hall–Kier alpha value is -1.60. The Morgan fingerprint density at radius 1 is 1.17 bits per heavy atom. The Morgan fingerprint density at radius 3 is 2.50 bits per heavy atom. The summed E-state index contributed by atoms with van der Waals surface area (Å²) in [4.78, 5) is 11.6. The quantitative estimate of drug-likeness (QED) is 0.735. The summed E-state index contributed by atoms with van der Waals surface area (Å²) in [6.07, 6.45) is 0. The van der Waals surface area contributed by atoms with Crippen LogP contribution in [0.5, 0.6) is 0 Å². The van der Waals surface area contributed by atoms with Crippen molar-refractivity contribution in [1.29, 1.82) is 0 Å². The van der Waals surface area contributed by atoms with Crippen LogP contribution in [-0.4, -0.2) is 32.8 Å². The van der Waals surface area contributed by atoms with Gasteiger partial charge in [0.25, 0.3) is 0 Å². The van der Waals surface area contributed by atoms with E-state index in [1.165, 1.54) is 38.4 Å². The van der Waals surface area contributed by atoms with Gasteiger partial charge >= 0.3 is 5.97 Å². The molecule has 0 aromatic heterocycles. The lowest BCUT2D eigenvalue weighted by Crippen LogP contribution is -2.26. The summed E-state index contributed by atoms with van der Waals surface area (Å²) in [6, 6.07) is 10.7. The number of nitrogens with zero attached hydrogens (tertiary/aromatic N) is 1. The highest BCUT2D eigenvalue weighted by molar-refractivity contribution is 7.89. The molecule has 2 rings (SSSR count). The summed E-state index contributed by atoms with van der Waals surface area (Å²) in [6.45, 7) is 0.0458. The molecule has 0 aliphatic carbocycles. The maximum atomic E-state index is 12.7. The van der Waals surface area contributed by atoms with Crippen molar-refractivity contribution in [3.63, 3.8) is 0 Å². The van der Waals surface area contributed by atoms with Crippen LogP contribution in [0.4, 0.5) is 0 Å². The van der Waals surface area contributed by atoms with E-state index in [-0.39, 0.29) is 17.0 Å². The first-order valence-corrected chi connectivity index (χ1v) is 9.04. The normalized spacial score (nSPS) is 11.5. The fourth-order valence-corrected chi connectivity index (χ4v) is 3.65. The zero-order chi connectivity index (χ0) is 17.9. The topological polar surface area (TPSA) is 63.7 Å². The first-order chi connectivity index (χ1) is 11.3. The number of hydrogen-bond donors (Lipinski definition) is 0. The smallest absolute Gasteiger partial charge is 0.337 e. The number of methoxy groups -OCH3 is 1. The average Bonchev–Trinajstić information content (AvgIpc) is 2.58. The molecule has 0 saturated carbocycles. The van der Waals surface area contributed by atoms with Crippen LogP contribution in [0, 0.1) is 0 Å². The molecule has 0 aliphatic rings. The lowest BCUT2D eigenvalue weighted by molar-refractivity contribution is 0.0600. The van der Waals surface area contributed by atoms with Gasteiger partial charge in [-0.3, -0.25) is 0 Å². The number of rotatable bonds is 5. The molecule has 0 spiro atoms. The van der Waals surface area contributed by atoms with Gasteiger partial charge in [-0.1, -0.05) is 41.4 Å². The van der Waals surface area contributed by atoms with Gasteiger partial charge in [0.1, 0.15) is 0 Å². The van der Waals surface area contributed by atoms with Crippen molar-refractivity contribution in [2.45, 2.75) is 11.4 Å². The molecule has 0 bridgehead atoms. The van der Waals surface area contributed by atoms with Gasteiger partial charge in [0, 0.05) is 13.6 Å². The highest BCUT2D eigenvalue weighted by Crippen LogP contribution is 2.27. The number of halogens is 2. The van der Waals surface area contributed by atoms with Gasteiger partial charge in [0.05, 0.1) is 27.6 Å². The molecule has 0 fully saturated rings. The standard InChI is InChI=1S/C16H15Cl2NO4S/c1-19(10-12-6-4-8-14(17)15(12)18)24(21,22)13-7-3-5-11(9-13)16(20)23-2/h3-9H,10H2,1-2H3. The first kappa shape index (κ1) is 18.7. The number of ether oxygens (including phenoxy) is 1. The molecular weight excluding hydrogens is 373 g/mol. The molecule has 2 aromatic rings. The van der Waals surface area contributed by atoms with Crippen molar-refractivity contribution < 1.29 is 17.9 Å². The predicted octanol–water partition coefficient (Wildman–Crippen LogP) is 3.60. The molecule has 0 amide bonds. The summed E-state index contributed by atoms with van der Waals surface area (Å²) in [5, 5.41) is 0.664. The molecule has 0 atom stereocenters. The monoisotopic (exact) mass is 387 g/mol. The van der Waals surface area contributed by atoms with Gasteiger partial charge in [-0.2, -0.15) is 4.31 Å². The van der Waals surface area contributed by atoms with Gasteiger partial charge < -0.3 is 4.74 Å². The maximum Gasteiger partial charge on any atom is 0.337 e. The zero-order valence-corrected chi connectivity index (χ0v) is 15.3. The van der Waals surface area contributed by atoms with Gasteiger partial charge in [0.15, 0.2) is 0 Å². The Morgan fingerprint density at radius 2 is 1.83 bits per heavy atom. The van der Waals surface area contributed by atoms with Crippen molar-refractivity contribution in [2.75, 3.05) is 14.2 Å². The third-order valence-electron chi connectivity index (χ3n) is 3.39. The van der Waals surface area contributed by atoms with Crippen molar-refractivity contribution in [3.8, 4) is 0 Å². The van der Waals surface area contributed by atoms with Crippen LogP contribution in [0.25, 0.3) is 0 Å². The summed E-state index contributed by atoms with van der Waals surface area (Å²) in [7, 11) is -1.15. The van der Waals surface area contributed by atoms with Crippen LogP contribution in [0.1, 0.15) is 15.9 Å². The SMILES string of the molecule is COC(=O)c1cccc(S(=O)(=O)N(C)Cc2cccc(Cl)c2Cl)c1. The number of hydrogen-bond acceptors (Lipinski definition) is 4. The van der Waals surface area contributed by atoms with Crippen molar-refractivity contribution in [2.24, 2.45) is 0 Å². The third-order valence-corrected chi connectivity index (χ3v) is 6.05. The molecule has 128 valence electrons. The van der Waals surface area contributed by atoms with Crippen molar-refractivity contribution in [1.82, 2.24) is 4.31 Å². The Bertz CT molecular complexity index is 868. The molecule has 0 N–H and O–H groups in total. The highest BCUT2D eigenvalue weighted by atomic mass is 35.5. The maximum absolute atomic E-state index is 12.7. The minimum atomic E-state index is -3.81. The Labute approximate surface area is 150 Å². The second-order valence-corrected chi connectivity index (χ2v) is 7.82.